The van der Waals surface area contributed by atoms with Crippen molar-refractivity contribution in [3.63, 3.8) is 0 Å². The van der Waals surface area contributed by atoms with E-state index in [9.17, 15) is 4.79 Å². The van der Waals surface area contributed by atoms with Crippen LogP contribution in [0.1, 0.15) is 51.9 Å². The van der Waals surface area contributed by atoms with Gasteiger partial charge in [0, 0.05) is 51.3 Å². The van der Waals surface area contributed by atoms with Crippen LogP contribution in [0.3, 0.4) is 0 Å². The lowest BCUT2D eigenvalue weighted by molar-refractivity contribution is 0.0827. The molecular formula is C27H41N5O. The predicted octanol–water partition coefficient (Wildman–Crippen LogP) is 6.79. The maximum atomic E-state index is 12.0. The normalized spacial score (nSPS) is 9.03. The molecule has 0 saturated carbocycles. The molecule has 0 radical (unpaired) electrons. The van der Waals surface area contributed by atoms with E-state index in [2.05, 4.69) is 9.97 Å². The van der Waals surface area contributed by atoms with Gasteiger partial charge in [-0.15, -0.1) is 0 Å². The fourth-order valence-electron chi connectivity index (χ4n) is 2.67. The van der Waals surface area contributed by atoms with E-state index in [1.54, 1.807) is 25.2 Å². The van der Waals surface area contributed by atoms with Crippen molar-refractivity contribution in [2.24, 2.45) is 0 Å². The summed E-state index contributed by atoms with van der Waals surface area (Å²) in [5.74, 6) is 1.37. The highest BCUT2D eigenvalue weighted by Crippen LogP contribution is 2.25. The Hall–Kier alpha value is -3.41. The van der Waals surface area contributed by atoms with E-state index in [1.807, 2.05) is 126 Å². The van der Waals surface area contributed by atoms with Gasteiger partial charge in [0.05, 0.1) is 0 Å². The van der Waals surface area contributed by atoms with Crippen LogP contribution in [0, 0.1) is 0 Å². The average Bonchev–Trinajstić information content (AvgIpc) is 2.91. The summed E-state index contributed by atoms with van der Waals surface area (Å²) in [7, 11) is 7.37. The Bertz CT molecular complexity index is 911. The van der Waals surface area contributed by atoms with Crippen LogP contribution in [-0.4, -0.2) is 49.0 Å². The second kappa shape index (κ2) is 16.3. The van der Waals surface area contributed by atoms with Gasteiger partial charge in [-0.2, -0.15) is 4.98 Å². The summed E-state index contributed by atoms with van der Waals surface area (Å²) in [5, 5.41) is 0. The zero-order chi connectivity index (χ0) is 25.4. The average molecular weight is 452 g/mol. The van der Waals surface area contributed by atoms with Gasteiger partial charge < -0.3 is 14.7 Å². The van der Waals surface area contributed by atoms with Gasteiger partial charge in [-0.1, -0.05) is 59.7 Å². The molecule has 0 unspecified atom stereocenters. The highest BCUT2D eigenvalue weighted by Gasteiger charge is 2.12. The molecule has 0 bridgehead atoms. The minimum Gasteiger partial charge on any atom is -0.345 e. The summed E-state index contributed by atoms with van der Waals surface area (Å²) in [6, 6.07) is 19.3. The number of hydrogen-bond acceptors (Lipinski definition) is 5. The second-order valence-corrected chi connectivity index (χ2v) is 6.41. The number of amides is 1. The van der Waals surface area contributed by atoms with Gasteiger partial charge in [0.15, 0.2) is 0 Å². The Morgan fingerprint density at radius 2 is 1.18 bits per heavy atom. The van der Waals surface area contributed by atoms with Crippen LogP contribution in [0.5, 0.6) is 0 Å². The van der Waals surface area contributed by atoms with E-state index >= 15 is 0 Å². The number of hydrogen-bond donors (Lipinski definition) is 0. The van der Waals surface area contributed by atoms with Crippen LogP contribution in [0.2, 0.25) is 0 Å². The van der Waals surface area contributed by atoms with Crippen molar-refractivity contribution in [2.75, 3.05) is 38.0 Å². The monoisotopic (exact) mass is 451 g/mol. The number of carbonyl (C=O) groups is 1. The molecule has 1 heterocycles. The fourth-order valence-corrected chi connectivity index (χ4v) is 2.67. The van der Waals surface area contributed by atoms with Crippen molar-refractivity contribution < 1.29 is 4.79 Å². The van der Waals surface area contributed by atoms with Crippen molar-refractivity contribution in [1.82, 2.24) is 14.9 Å². The van der Waals surface area contributed by atoms with Gasteiger partial charge in [-0.05, 0) is 42.5 Å². The van der Waals surface area contributed by atoms with E-state index in [4.69, 9.17) is 0 Å². The predicted molar refractivity (Wildman–Crippen MR) is 143 cm³/mol. The first-order chi connectivity index (χ1) is 16.0. The van der Waals surface area contributed by atoms with Gasteiger partial charge in [0.1, 0.15) is 5.82 Å². The van der Waals surface area contributed by atoms with Crippen molar-refractivity contribution in [2.45, 2.75) is 41.5 Å². The largest absolute Gasteiger partial charge is 0.345 e. The highest BCUT2D eigenvalue weighted by molar-refractivity contribution is 5.94. The van der Waals surface area contributed by atoms with Gasteiger partial charge in [-0.25, -0.2) is 4.98 Å². The summed E-state index contributed by atoms with van der Waals surface area (Å²) in [5.41, 5.74) is 2.62. The third-order valence-electron chi connectivity index (χ3n) is 4.32. The number of para-hydroxylation sites is 1. The van der Waals surface area contributed by atoms with Crippen LogP contribution in [0.4, 0.5) is 23.1 Å². The molecular weight excluding hydrogens is 410 g/mol. The van der Waals surface area contributed by atoms with Crippen molar-refractivity contribution >= 4 is 29.0 Å². The first kappa shape index (κ1) is 29.6. The Labute approximate surface area is 200 Å². The molecule has 33 heavy (non-hydrogen) atoms. The van der Waals surface area contributed by atoms with E-state index in [0.29, 0.717) is 11.5 Å². The number of rotatable bonds is 5. The molecule has 0 saturated heterocycles. The van der Waals surface area contributed by atoms with Gasteiger partial charge in [-0.3, -0.25) is 4.79 Å². The van der Waals surface area contributed by atoms with Crippen molar-refractivity contribution in [1.29, 1.82) is 0 Å². The third kappa shape index (κ3) is 8.56. The number of anilines is 4. The van der Waals surface area contributed by atoms with E-state index in [-0.39, 0.29) is 5.91 Å². The summed E-state index contributed by atoms with van der Waals surface area (Å²) in [4.78, 5) is 26.6. The second-order valence-electron chi connectivity index (χ2n) is 6.41. The molecule has 2 aromatic carbocycles. The molecule has 3 rings (SSSR count). The van der Waals surface area contributed by atoms with Crippen LogP contribution in [-0.2, 0) is 0 Å². The maximum Gasteiger partial charge on any atom is 0.253 e. The number of benzene rings is 2. The standard InChI is InChI=1S/C21H23N5O.3C2H6/c1-24(2)20(27)16-10-12-18(13-11-16)25(3)19-14-15-22-21(23-19)26(4)17-8-6-5-7-9-17;3*1-2/h5-15H,1-4H3;3*1-2H3. The molecule has 6 heteroatoms. The van der Waals surface area contributed by atoms with E-state index in [1.165, 1.54) is 0 Å². The molecule has 0 aliphatic rings. The summed E-state index contributed by atoms with van der Waals surface area (Å²) < 4.78 is 0. The number of carbonyl (C=O) groups excluding carboxylic acids is 1. The molecule has 0 aliphatic carbocycles. The van der Waals surface area contributed by atoms with Crippen LogP contribution in [0.25, 0.3) is 0 Å². The molecule has 0 aliphatic heterocycles. The SMILES string of the molecule is CC.CC.CC.CN(C)C(=O)c1ccc(N(C)c2ccnc(N(C)c3ccccc3)n2)cc1. The van der Waals surface area contributed by atoms with Crippen molar-refractivity contribution in [3.05, 3.63) is 72.4 Å². The first-order valence-corrected chi connectivity index (χ1v) is 11.6. The van der Waals surface area contributed by atoms with Gasteiger partial charge in [0.2, 0.25) is 5.95 Å². The minimum atomic E-state index is -0.0157. The molecule has 3 aromatic rings. The Kier molecular flexibility index (Phi) is 14.6. The number of nitrogens with zero attached hydrogens (tertiary/aromatic N) is 5. The lowest BCUT2D eigenvalue weighted by atomic mass is 10.2. The van der Waals surface area contributed by atoms with Crippen molar-refractivity contribution in [3.8, 4) is 0 Å². The van der Waals surface area contributed by atoms with E-state index in [0.717, 1.165) is 17.2 Å². The molecule has 6 nitrogen and oxygen atoms in total. The molecule has 0 atom stereocenters. The topological polar surface area (TPSA) is 52.6 Å². The quantitative estimate of drug-likeness (QED) is 0.427. The Morgan fingerprint density at radius 3 is 1.70 bits per heavy atom. The van der Waals surface area contributed by atoms with Crippen LogP contribution in [0.15, 0.2) is 66.9 Å². The molecule has 1 amide bonds. The summed E-state index contributed by atoms with van der Waals surface area (Å²) in [6.45, 7) is 12.0. The lowest BCUT2D eigenvalue weighted by Gasteiger charge is -2.22. The minimum absolute atomic E-state index is 0.0157. The Morgan fingerprint density at radius 1 is 0.667 bits per heavy atom. The molecule has 1 aromatic heterocycles. The summed E-state index contributed by atoms with van der Waals surface area (Å²) >= 11 is 0. The van der Waals surface area contributed by atoms with Crippen LogP contribution >= 0.6 is 0 Å². The molecule has 0 spiro atoms. The molecule has 180 valence electrons. The van der Waals surface area contributed by atoms with E-state index < -0.39 is 0 Å². The zero-order valence-electron chi connectivity index (χ0n) is 22.0. The molecule has 0 N–H and O–H groups in total. The van der Waals surface area contributed by atoms with Crippen LogP contribution < -0.4 is 9.80 Å². The molecule has 0 fully saturated rings. The van der Waals surface area contributed by atoms with Gasteiger partial charge in [0.25, 0.3) is 5.91 Å². The number of aromatic nitrogens is 2. The fraction of sp³-hybridized carbons (Fsp3) is 0.370. The zero-order valence-corrected chi connectivity index (χ0v) is 22.0. The Balaban J connectivity index is 0.00000158. The summed E-state index contributed by atoms with van der Waals surface area (Å²) in [6.07, 6.45) is 1.75. The third-order valence-corrected chi connectivity index (χ3v) is 4.32. The smallest absolute Gasteiger partial charge is 0.253 e. The highest BCUT2D eigenvalue weighted by atomic mass is 16.2. The lowest BCUT2D eigenvalue weighted by Crippen LogP contribution is -2.21. The first-order valence-electron chi connectivity index (χ1n) is 11.6. The van der Waals surface area contributed by atoms with Gasteiger partial charge >= 0.3 is 0 Å². The maximum absolute atomic E-state index is 12.0.